The zero-order valence-electron chi connectivity index (χ0n) is 9.43. The van der Waals surface area contributed by atoms with Crippen molar-refractivity contribution in [3.63, 3.8) is 0 Å². The minimum absolute atomic E-state index is 0.00440. The normalized spacial score (nSPS) is 23.6. The first-order valence-electron chi connectivity index (χ1n) is 5.54. The maximum Gasteiger partial charge on any atom is 0.231 e. The number of hydrogen-bond donors (Lipinski definition) is 3. The van der Waals surface area contributed by atoms with Gasteiger partial charge in [0.15, 0.2) is 0 Å². The predicted molar refractivity (Wildman–Crippen MR) is 63.3 cm³/mol. The molecule has 0 aromatic heterocycles. The predicted octanol–water partition coefficient (Wildman–Crippen LogP) is 0.0911. The molecule has 0 bridgehead atoms. The maximum absolute atomic E-state index is 11.9. The minimum atomic E-state index is -0.285. The highest BCUT2D eigenvalue weighted by Crippen LogP contribution is 2.16. The van der Waals surface area contributed by atoms with Crippen molar-refractivity contribution in [1.29, 1.82) is 0 Å². The highest BCUT2D eigenvalue weighted by Gasteiger charge is 2.31. The van der Waals surface area contributed by atoms with E-state index in [1.165, 1.54) is 0 Å². The van der Waals surface area contributed by atoms with Crippen LogP contribution in [0, 0.1) is 5.92 Å². The molecule has 1 aromatic carbocycles. The average molecular weight is 236 g/mol. The number of ether oxygens (including phenoxy) is 1. The molecule has 0 spiro atoms. The molecule has 0 saturated carbocycles. The fourth-order valence-electron chi connectivity index (χ4n) is 1.77. The van der Waals surface area contributed by atoms with Gasteiger partial charge in [-0.3, -0.25) is 4.79 Å². The molecule has 1 saturated heterocycles. The lowest BCUT2D eigenvalue weighted by molar-refractivity contribution is -0.120. The second kappa shape index (κ2) is 5.27. The maximum atomic E-state index is 11.9. The molecule has 2 unspecified atom stereocenters. The fourth-order valence-corrected chi connectivity index (χ4v) is 1.77. The summed E-state index contributed by atoms with van der Waals surface area (Å²) in [5.74, 6) is -0.403. The SMILES string of the molecule is NC1COCC1C(=O)Nc1ccc(CO)cc1. The molecule has 92 valence electrons. The molecule has 0 radical (unpaired) electrons. The number of hydrogen-bond acceptors (Lipinski definition) is 4. The summed E-state index contributed by atoms with van der Waals surface area (Å²) in [5.41, 5.74) is 7.27. The van der Waals surface area contributed by atoms with E-state index in [9.17, 15) is 4.79 Å². The number of aliphatic hydroxyl groups is 1. The monoisotopic (exact) mass is 236 g/mol. The van der Waals surface area contributed by atoms with Crippen LogP contribution < -0.4 is 11.1 Å². The highest BCUT2D eigenvalue weighted by atomic mass is 16.5. The van der Waals surface area contributed by atoms with Gasteiger partial charge >= 0.3 is 0 Å². The number of carbonyl (C=O) groups excluding carboxylic acids is 1. The molecule has 5 nitrogen and oxygen atoms in total. The first-order valence-corrected chi connectivity index (χ1v) is 5.54. The summed E-state index contributed by atoms with van der Waals surface area (Å²) in [6.45, 7) is 0.804. The quantitative estimate of drug-likeness (QED) is 0.694. The Morgan fingerprint density at radius 1 is 1.41 bits per heavy atom. The topological polar surface area (TPSA) is 84.6 Å². The van der Waals surface area contributed by atoms with E-state index < -0.39 is 0 Å². The molecule has 0 aliphatic carbocycles. The molecule has 5 heteroatoms. The van der Waals surface area contributed by atoms with Gasteiger partial charge in [0, 0.05) is 11.7 Å². The van der Waals surface area contributed by atoms with E-state index in [1.54, 1.807) is 24.3 Å². The lowest BCUT2D eigenvalue weighted by atomic mass is 10.0. The van der Waals surface area contributed by atoms with Crippen molar-refractivity contribution in [3.05, 3.63) is 29.8 Å². The van der Waals surface area contributed by atoms with Gasteiger partial charge < -0.3 is 20.9 Å². The Morgan fingerprint density at radius 2 is 2.12 bits per heavy atom. The van der Waals surface area contributed by atoms with E-state index in [4.69, 9.17) is 15.6 Å². The van der Waals surface area contributed by atoms with Crippen LogP contribution in [0.15, 0.2) is 24.3 Å². The third-order valence-corrected chi connectivity index (χ3v) is 2.87. The number of amides is 1. The molecule has 1 heterocycles. The van der Waals surface area contributed by atoms with Gasteiger partial charge in [-0.1, -0.05) is 12.1 Å². The molecule has 1 aromatic rings. The molecule has 1 amide bonds. The molecular weight excluding hydrogens is 220 g/mol. The van der Waals surface area contributed by atoms with Gasteiger partial charge in [-0.2, -0.15) is 0 Å². The summed E-state index contributed by atoms with van der Waals surface area (Å²) in [5, 5.41) is 11.7. The molecule has 1 fully saturated rings. The van der Waals surface area contributed by atoms with Crippen LogP contribution in [-0.2, 0) is 16.1 Å². The second-order valence-electron chi connectivity index (χ2n) is 4.15. The van der Waals surface area contributed by atoms with Crippen molar-refractivity contribution in [3.8, 4) is 0 Å². The Labute approximate surface area is 99.6 Å². The Balaban J connectivity index is 1.97. The van der Waals surface area contributed by atoms with Crippen LogP contribution in [-0.4, -0.2) is 30.3 Å². The third-order valence-electron chi connectivity index (χ3n) is 2.87. The van der Waals surface area contributed by atoms with Crippen molar-refractivity contribution in [2.75, 3.05) is 18.5 Å². The number of anilines is 1. The van der Waals surface area contributed by atoms with E-state index in [2.05, 4.69) is 5.32 Å². The number of benzene rings is 1. The Morgan fingerprint density at radius 3 is 2.65 bits per heavy atom. The average Bonchev–Trinajstić information content (AvgIpc) is 2.76. The number of nitrogens with one attached hydrogen (secondary N) is 1. The van der Waals surface area contributed by atoms with E-state index in [-0.39, 0.29) is 24.5 Å². The zero-order valence-corrected chi connectivity index (χ0v) is 9.43. The smallest absolute Gasteiger partial charge is 0.231 e. The van der Waals surface area contributed by atoms with Crippen molar-refractivity contribution < 1.29 is 14.6 Å². The Kier molecular flexibility index (Phi) is 3.73. The molecule has 1 aliphatic rings. The first-order chi connectivity index (χ1) is 8.20. The van der Waals surface area contributed by atoms with Crippen LogP contribution in [0.2, 0.25) is 0 Å². The standard InChI is InChI=1S/C12H16N2O3/c13-11-7-17-6-10(11)12(16)14-9-3-1-8(5-15)2-4-9/h1-4,10-11,15H,5-7,13H2,(H,14,16). The first kappa shape index (κ1) is 12.0. The molecule has 4 N–H and O–H groups in total. The fraction of sp³-hybridized carbons (Fsp3) is 0.417. The molecular formula is C12H16N2O3. The van der Waals surface area contributed by atoms with Crippen LogP contribution in [0.1, 0.15) is 5.56 Å². The number of nitrogens with two attached hydrogens (primary N) is 1. The summed E-state index contributed by atoms with van der Waals surface area (Å²) in [6, 6.07) is 6.81. The summed E-state index contributed by atoms with van der Waals surface area (Å²) in [7, 11) is 0. The van der Waals surface area contributed by atoms with Gasteiger partial charge in [0.05, 0.1) is 25.7 Å². The second-order valence-corrected chi connectivity index (χ2v) is 4.15. The van der Waals surface area contributed by atoms with Crippen LogP contribution in [0.3, 0.4) is 0 Å². The van der Waals surface area contributed by atoms with E-state index in [1.807, 2.05) is 0 Å². The van der Waals surface area contributed by atoms with Gasteiger partial charge in [0.25, 0.3) is 0 Å². The summed E-state index contributed by atoms with van der Waals surface area (Å²) >= 11 is 0. The van der Waals surface area contributed by atoms with Crippen molar-refractivity contribution in [2.45, 2.75) is 12.6 Å². The Bertz CT molecular complexity index is 391. The van der Waals surface area contributed by atoms with Gasteiger partial charge in [-0.05, 0) is 17.7 Å². The van der Waals surface area contributed by atoms with E-state index >= 15 is 0 Å². The van der Waals surface area contributed by atoms with Crippen LogP contribution in [0.25, 0.3) is 0 Å². The van der Waals surface area contributed by atoms with Gasteiger partial charge in [0.2, 0.25) is 5.91 Å². The lowest BCUT2D eigenvalue weighted by Crippen LogP contribution is -2.37. The number of aliphatic hydroxyl groups excluding tert-OH is 1. The van der Waals surface area contributed by atoms with Crippen LogP contribution in [0.5, 0.6) is 0 Å². The van der Waals surface area contributed by atoms with Crippen molar-refractivity contribution >= 4 is 11.6 Å². The van der Waals surface area contributed by atoms with Crippen molar-refractivity contribution in [2.24, 2.45) is 11.7 Å². The van der Waals surface area contributed by atoms with E-state index in [0.717, 1.165) is 5.56 Å². The largest absolute Gasteiger partial charge is 0.392 e. The van der Waals surface area contributed by atoms with Crippen LogP contribution in [0.4, 0.5) is 5.69 Å². The lowest BCUT2D eigenvalue weighted by Gasteiger charge is -2.13. The summed E-state index contributed by atoms with van der Waals surface area (Å²) in [4.78, 5) is 11.9. The minimum Gasteiger partial charge on any atom is -0.392 e. The highest BCUT2D eigenvalue weighted by molar-refractivity contribution is 5.93. The van der Waals surface area contributed by atoms with Crippen molar-refractivity contribution in [1.82, 2.24) is 0 Å². The van der Waals surface area contributed by atoms with E-state index in [0.29, 0.717) is 18.9 Å². The zero-order chi connectivity index (χ0) is 12.3. The number of rotatable bonds is 3. The summed E-state index contributed by atoms with van der Waals surface area (Å²) < 4.78 is 5.15. The third kappa shape index (κ3) is 2.82. The molecule has 2 rings (SSSR count). The summed E-state index contributed by atoms with van der Waals surface area (Å²) in [6.07, 6.45) is 0. The van der Waals surface area contributed by atoms with Gasteiger partial charge in [-0.25, -0.2) is 0 Å². The number of carbonyl (C=O) groups is 1. The van der Waals surface area contributed by atoms with Crippen LogP contribution >= 0.6 is 0 Å². The van der Waals surface area contributed by atoms with Gasteiger partial charge in [0.1, 0.15) is 0 Å². The molecule has 17 heavy (non-hydrogen) atoms. The molecule has 2 atom stereocenters. The Hall–Kier alpha value is -1.43. The van der Waals surface area contributed by atoms with Gasteiger partial charge in [-0.15, -0.1) is 0 Å². The molecule has 1 aliphatic heterocycles.